The molecule has 162 valence electrons. The lowest BCUT2D eigenvalue weighted by molar-refractivity contribution is -0.143. The Labute approximate surface area is 163 Å². The lowest BCUT2D eigenvalue weighted by Crippen LogP contribution is -2.46. The zero-order valence-electron chi connectivity index (χ0n) is 15.9. The summed E-state index contributed by atoms with van der Waals surface area (Å²) in [6.07, 6.45) is 1.91. The molecule has 28 heavy (non-hydrogen) atoms. The predicted molar refractivity (Wildman–Crippen MR) is 98.1 cm³/mol. The van der Waals surface area contributed by atoms with Crippen molar-refractivity contribution in [3.8, 4) is 0 Å². The van der Waals surface area contributed by atoms with E-state index in [9.17, 15) is 27.6 Å². The van der Waals surface area contributed by atoms with Crippen LogP contribution < -0.4 is 10.6 Å². The zero-order valence-corrected chi connectivity index (χ0v) is 16.7. The Morgan fingerprint density at radius 2 is 1.46 bits per heavy atom. The molecule has 3 unspecified atom stereocenters. The Morgan fingerprint density at radius 3 is 1.93 bits per heavy atom. The number of hydrogen-bond acceptors (Lipinski definition) is 6. The molecule has 0 aromatic heterocycles. The smallest absolute Gasteiger partial charge is 0.326 e. The van der Waals surface area contributed by atoms with Crippen LogP contribution in [0, 0.1) is 5.92 Å². The highest BCUT2D eigenvalue weighted by atomic mass is 32.2. The van der Waals surface area contributed by atoms with Crippen molar-refractivity contribution in [3.05, 3.63) is 0 Å². The molecule has 0 heterocycles. The van der Waals surface area contributed by atoms with Gasteiger partial charge in [-0.2, -0.15) is 8.42 Å². The minimum absolute atomic E-state index is 0.251. The average Bonchev–Trinajstić information content (AvgIpc) is 2.55. The monoisotopic (exact) mass is 424 g/mol. The van der Waals surface area contributed by atoms with Gasteiger partial charge in [0.05, 0.1) is 11.7 Å². The van der Waals surface area contributed by atoms with Crippen LogP contribution in [0.15, 0.2) is 0 Å². The zero-order chi connectivity index (χ0) is 21.9. The van der Waals surface area contributed by atoms with Crippen LogP contribution in [0.3, 0.4) is 0 Å². The molecule has 5 N–H and O–H groups in total. The summed E-state index contributed by atoms with van der Waals surface area (Å²) in [5.41, 5.74) is 0. The van der Waals surface area contributed by atoms with Gasteiger partial charge < -0.3 is 20.8 Å². The molecule has 12 heteroatoms. The summed E-state index contributed by atoms with van der Waals surface area (Å²) in [6, 6.07) is -2.54. The number of aliphatic carboxylic acids is 2. The van der Waals surface area contributed by atoms with E-state index in [1.165, 1.54) is 6.92 Å². The standard InChI is InChI=1S/C16H28N2O9S/c1-3-4-5-6-11(15(21)22)17-13(19)8-7-12(16(23)24)18-14(20)10(2)9-28(25,26)27/h10-12H,3-9H2,1-2H3,(H,17,19)(H,18,20)(H,21,22)(H,23,24)(H,25,26,27). The molecule has 0 spiro atoms. The molecule has 0 aromatic carbocycles. The van der Waals surface area contributed by atoms with Gasteiger partial charge in [0.1, 0.15) is 12.1 Å². The Bertz CT molecular complexity index is 663. The number of carboxylic acid groups (broad SMARTS) is 2. The first-order valence-corrected chi connectivity index (χ1v) is 10.5. The molecule has 0 bridgehead atoms. The Kier molecular flexibility index (Phi) is 11.3. The maximum absolute atomic E-state index is 11.9. The summed E-state index contributed by atoms with van der Waals surface area (Å²) in [5, 5.41) is 22.7. The SMILES string of the molecule is CCCCCC(NC(=O)CCC(NC(=O)C(C)CS(=O)(=O)O)C(=O)O)C(=O)O. The minimum atomic E-state index is -4.41. The van der Waals surface area contributed by atoms with E-state index in [-0.39, 0.29) is 19.3 Å². The fourth-order valence-electron chi connectivity index (χ4n) is 2.36. The quantitative estimate of drug-likeness (QED) is 0.189. The average molecular weight is 424 g/mol. The Hall–Kier alpha value is -2.21. The van der Waals surface area contributed by atoms with Gasteiger partial charge in [0, 0.05) is 6.42 Å². The molecule has 2 amide bonds. The first-order chi connectivity index (χ1) is 12.9. The van der Waals surface area contributed by atoms with Crippen molar-refractivity contribution in [2.45, 2.75) is 64.5 Å². The van der Waals surface area contributed by atoms with Gasteiger partial charge in [0.25, 0.3) is 10.1 Å². The van der Waals surface area contributed by atoms with Gasteiger partial charge in [0.2, 0.25) is 11.8 Å². The molecule has 0 fully saturated rings. The summed E-state index contributed by atoms with van der Waals surface area (Å²) in [5.74, 6) is -6.27. The van der Waals surface area contributed by atoms with Crippen LogP contribution in [0.4, 0.5) is 0 Å². The molecular formula is C16H28N2O9S. The number of carbonyl (C=O) groups excluding carboxylic acids is 2. The maximum atomic E-state index is 11.9. The fraction of sp³-hybridized carbons (Fsp3) is 0.750. The van der Waals surface area contributed by atoms with Crippen molar-refractivity contribution in [2.75, 3.05) is 5.75 Å². The highest BCUT2D eigenvalue weighted by molar-refractivity contribution is 7.85. The molecule has 0 saturated heterocycles. The summed E-state index contributed by atoms with van der Waals surface area (Å²) >= 11 is 0. The second kappa shape index (κ2) is 12.3. The van der Waals surface area contributed by atoms with Crippen molar-refractivity contribution < 1.29 is 42.4 Å². The second-order valence-corrected chi connectivity index (χ2v) is 8.04. The van der Waals surface area contributed by atoms with Gasteiger partial charge in [-0.05, 0) is 12.8 Å². The van der Waals surface area contributed by atoms with Crippen molar-refractivity contribution >= 4 is 33.9 Å². The topological polar surface area (TPSA) is 187 Å². The Morgan fingerprint density at radius 1 is 0.929 bits per heavy atom. The Balaban J connectivity index is 4.68. The van der Waals surface area contributed by atoms with Crippen LogP contribution in [0.25, 0.3) is 0 Å². The number of rotatable bonds is 14. The molecule has 0 aliphatic rings. The first-order valence-electron chi connectivity index (χ1n) is 8.87. The van der Waals surface area contributed by atoms with Crippen LogP contribution in [0.5, 0.6) is 0 Å². The number of carbonyl (C=O) groups is 4. The summed E-state index contributed by atoms with van der Waals surface area (Å²) in [4.78, 5) is 46.2. The van der Waals surface area contributed by atoms with Gasteiger partial charge in [-0.3, -0.25) is 14.1 Å². The van der Waals surface area contributed by atoms with Gasteiger partial charge in [-0.25, -0.2) is 9.59 Å². The van der Waals surface area contributed by atoms with Crippen molar-refractivity contribution in [2.24, 2.45) is 5.92 Å². The van der Waals surface area contributed by atoms with Gasteiger partial charge in [-0.15, -0.1) is 0 Å². The van der Waals surface area contributed by atoms with Gasteiger partial charge in [-0.1, -0.05) is 33.1 Å². The van der Waals surface area contributed by atoms with Crippen LogP contribution in [0.1, 0.15) is 52.4 Å². The van der Waals surface area contributed by atoms with E-state index in [0.29, 0.717) is 6.42 Å². The molecule has 0 radical (unpaired) electrons. The lowest BCUT2D eigenvalue weighted by atomic mass is 10.1. The van der Waals surface area contributed by atoms with E-state index in [1.54, 1.807) is 0 Å². The van der Waals surface area contributed by atoms with E-state index in [4.69, 9.17) is 14.8 Å². The molecular weight excluding hydrogens is 396 g/mol. The van der Waals surface area contributed by atoms with Gasteiger partial charge >= 0.3 is 11.9 Å². The number of hydrogen-bond donors (Lipinski definition) is 5. The molecule has 3 atom stereocenters. The van der Waals surface area contributed by atoms with E-state index in [0.717, 1.165) is 12.8 Å². The van der Waals surface area contributed by atoms with E-state index in [2.05, 4.69) is 10.6 Å². The summed E-state index contributed by atoms with van der Waals surface area (Å²) in [6.45, 7) is 3.15. The van der Waals surface area contributed by atoms with Crippen LogP contribution in [-0.2, 0) is 29.3 Å². The maximum Gasteiger partial charge on any atom is 0.326 e. The van der Waals surface area contributed by atoms with Crippen LogP contribution >= 0.6 is 0 Å². The molecule has 0 aliphatic heterocycles. The van der Waals surface area contributed by atoms with Crippen molar-refractivity contribution in [3.63, 3.8) is 0 Å². The highest BCUT2D eigenvalue weighted by Gasteiger charge is 2.27. The first kappa shape index (κ1) is 25.8. The minimum Gasteiger partial charge on any atom is -0.480 e. The summed E-state index contributed by atoms with van der Waals surface area (Å²) < 4.78 is 30.3. The largest absolute Gasteiger partial charge is 0.480 e. The van der Waals surface area contributed by atoms with E-state index < -0.39 is 57.6 Å². The third-order valence-corrected chi connectivity index (χ3v) is 4.83. The third-order valence-electron chi connectivity index (χ3n) is 3.91. The third kappa shape index (κ3) is 11.5. The molecule has 0 saturated carbocycles. The van der Waals surface area contributed by atoms with Gasteiger partial charge in [0.15, 0.2) is 0 Å². The van der Waals surface area contributed by atoms with Crippen LogP contribution in [0.2, 0.25) is 0 Å². The van der Waals surface area contributed by atoms with Crippen molar-refractivity contribution in [1.29, 1.82) is 0 Å². The fourth-order valence-corrected chi connectivity index (χ4v) is 3.14. The normalized spacial score (nSPS) is 14.5. The van der Waals surface area contributed by atoms with E-state index >= 15 is 0 Å². The number of unbranched alkanes of at least 4 members (excludes halogenated alkanes) is 2. The van der Waals surface area contributed by atoms with Crippen molar-refractivity contribution in [1.82, 2.24) is 10.6 Å². The molecule has 0 rings (SSSR count). The molecule has 11 nitrogen and oxygen atoms in total. The van der Waals surface area contributed by atoms with Crippen LogP contribution in [-0.4, -0.2) is 64.8 Å². The number of nitrogens with one attached hydrogen (secondary N) is 2. The number of amides is 2. The van der Waals surface area contributed by atoms with E-state index in [1.807, 2.05) is 6.92 Å². The second-order valence-electron chi connectivity index (χ2n) is 6.54. The lowest BCUT2D eigenvalue weighted by Gasteiger charge is -2.18. The molecule has 0 aromatic rings. The number of carboxylic acids is 2. The highest BCUT2D eigenvalue weighted by Crippen LogP contribution is 2.07. The summed E-state index contributed by atoms with van der Waals surface area (Å²) in [7, 11) is -4.41. The molecule has 0 aliphatic carbocycles. The predicted octanol–water partition coefficient (Wildman–Crippen LogP) is 0.00960.